The van der Waals surface area contributed by atoms with Gasteiger partial charge in [-0.05, 0) is 93.3 Å². The van der Waals surface area contributed by atoms with Gasteiger partial charge in [-0.2, -0.15) is 5.26 Å². The van der Waals surface area contributed by atoms with Gasteiger partial charge < -0.3 is 4.57 Å². The van der Waals surface area contributed by atoms with Gasteiger partial charge in [-0.1, -0.05) is 165 Å². The Hall–Kier alpha value is -7.35. The molecule has 0 fully saturated rings. The normalized spacial score (nSPS) is 14.5. The first-order valence-electron chi connectivity index (χ1n) is 19.5. The first-order chi connectivity index (χ1) is 28.1. The van der Waals surface area contributed by atoms with Gasteiger partial charge in [-0.15, -0.1) is 0 Å². The molecule has 0 saturated carbocycles. The molecule has 1 heterocycles. The minimum Gasteiger partial charge on any atom is -0.309 e. The van der Waals surface area contributed by atoms with Crippen LogP contribution in [0, 0.1) is 17.2 Å². The van der Waals surface area contributed by atoms with Crippen LogP contribution in [-0.4, -0.2) is 16.1 Å². The molecular formula is C53H40N4. The fraction of sp³-hybridized carbons (Fsp3) is 0.0755. The van der Waals surface area contributed by atoms with Crippen LogP contribution < -0.4 is 0 Å². The highest BCUT2D eigenvalue weighted by Crippen LogP contribution is 2.41. The van der Waals surface area contributed by atoms with Crippen molar-refractivity contribution in [3.8, 4) is 45.1 Å². The summed E-state index contributed by atoms with van der Waals surface area (Å²) in [6.07, 6.45) is 6.95. The average Bonchev–Trinajstić information content (AvgIpc) is 3.61. The molecule has 0 spiro atoms. The van der Waals surface area contributed by atoms with Gasteiger partial charge in [0.05, 0.1) is 17.6 Å². The second-order valence-electron chi connectivity index (χ2n) is 14.6. The molecule has 0 bridgehead atoms. The summed E-state index contributed by atoms with van der Waals surface area (Å²) < 4.78 is 2.39. The van der Waals surface area contributed by atoms with E-state index in [0.717, 1.165) is 51.0 Å². The Kier molecular flexibility index (Phi) is 9.79. The molecule has 8 aromatic rings. The number of allylic oxidation sites excluding steroid dienone is 4. The second-order valence-corrected chi connectivity index (χ2v) is 14.6. The molecular weight excluding hydrogens is 693 g/mol. The number of aromatic nitrogens is 1. The van der Waals surface area contributed by atoms with Crippen LogP contribution in [-0.2, 0) is 6.54 Å². The number of hydrogen-bond acceptors (Lipinski definition) is 2. The first kappa shape index (κ1) is 35.4. The number of fused-ring (bicyclic) bond motifs is 3. The molecule has 1 aromatic heterocycles. The number of benzene rings is 7. The van der Waals surface area contributed by atoms with Gasteiger partial charge in [0.1, 0.15) is 11.8 Å². The SMILES string of the molecule is CC1C=CC=C(C(C#N)=NC(=NCc2ccccc2)c2cccc(-c3cccc4c3c3cc(-c5ccccc5)ccc3n4-c3cccc(-c4ccccc4)c3)c2)C1. The van der Waals surface area contributed by atoms with Crippen LogP contribution in [0.1, 0.15) is 24.5 Å². The zero-order valence-corrected chi connectivity index (χ0v) is 31.8. The molecule has 1 aliphatic carbocycles. The number of nitrogens with zero attached hydrogens (tertiary/aromatic N) is 4. The van der Waals surface area contributed by atoms with Crippen molar-refractivity contribution in [1.29, 1.82) is 5.26 Å². The molecule has 0 N–H and O–H groups in total. The zero-order valence-electron chi connectivity index (χ0n) is 31.8. The van der Waals surface area contributed by atoms with E-state index >= 15 is 0 Å². The predicted molar refractivity (Wildman–Crippen MR) is 238 cm³/mol. The van der Waals surface area contributed by atoms with E-state index in [1.54, 1.807) is 0 Å². The standard InChI is InChI=1S/C53H40N4/c1-37-15-11-24-44(31-37)49(35-54)56-53(55-36-38-16-5-2-6-17-38)45-25-12-23-43(32-45)47-27-14-28-51-52(47)48-34-42(40-20-9-4-10-21-40)29-30-50(48)57(51)46-26-13-22-41(33-46)39-18-7-3-8-19-39/h2-30,32-34,37H,31,36H2,1H3. The number of aliphatic imine (C=N–C) groups is 2. The van der Waals surface area contributed by atoms with Gasteiger partial charge in [0.25, 0.3) is 0 Å². The lowest BCUT2D eigenvalue weighted by molar-refractivity contribution is 0.724. The van der Waals surface area contributed by atoms with Crippen molar-refractivity contribution in [3.63, 3.8) is 0 Å². The molecule has 0 radical (unpaired) electrons. The lowest BCUT2D eigenvalue weighted by Crippen LogP contribution is -2.10. The van der Waals surface area contributed by atoms with Crippen molar-refractivity contribution in [2.24, 2.45) is 15.9 Å². The third kappa shape index (κ3) is 7.27. The Bertz CT molecular complexity index is 2910. The summed E-state index contributed by atoms with van der Waals surface area (Å²) in [5.74, 6) is 0.876. The van der Waals surface area contributed by atoms with E-state index in [1.807, 2.05) is 30.4 Å². The van der Waals surface area contributed by atoms with E-state index in [2.05, 4.69) is 181 Å². The molecule has 9 rings (SSSR count). The van der Waals surface area contributed by atoms with E-state index in [9.17, 15) is 5.26 Å². The van der Waals surface area contributed by atoms with Crippen molar-refractivity contribution in [2.45, 2.75) is 19.9 Å². The first-order valence-corrected chi connectivity index (χ1v) is 19.5. The summed E-state index contributed by atoms with van der Waals surface area (Å²) in [4.78, 5) is 10.1. The lowest BCUT2D eigenvalue weighted by atomic mass is 9.93. The van der Waals surface area contributed by atoms with Gasteiger partial charge in [0.15, 0.2) is 5.84 Å². The molecule has 1 aliphatic rings. The molecule has 1 atom stereocenters. The van der Waals surface area contributed by atoms with E-state index in [0.29, 0.717) is 24.0 Å². The van der Waals surface area contributed by atoms with Crippen molar-refractivity contribution in [2.75, 3.05) is 0 Å². The van der Waals surface area contributed by atoms with E-state index in [1.165, 1.54) is 33.0 Å². The monoisotopic (exact) mass is 732 g/mol. The largest absolute Gasteiger partial charge is 0.309 e. The third-order valence-corrected chi connectivity index (χ3v) is 10.7. The lowest BCUT2D eigenvalue weighted by Gasteiger charge is -2.14. The Balaban J connectivity index is 1.23. The highest BCUT2D eigenvalue weighted by Gasteiger charge is 2.19. The maximum absolute atomic E-state index is 10.4. The molecule has 1 unspecified atom stereocenters. The number of amidine groups is 1. The van der Waals surface area contributed by atoms with Gasteiger partial charge in [-0.25, -0.2) is 4.99 Å². The third-order valence-electron chi connectivity index (χ3n) is 10.7. The second kappa shape index (κ2) is 15.8. The van der Waals surface area contributed by atoms with Crippen molar-refractivity contribution in [3.05, 3.63) is 211 Å². The van der Waals surface area contributed by atoms with Crippen LogP contribution in [0.4, 0.5) is 0 Å². The van der Waals surface area contributed by atoms with E-state index in [4.69, 9.17) is 9.98 Å². The van der Waals surface area contributed by atoms with Gasteiger partial charge in [0.2, 0.25) is 0 Å². The maximum Gasteiger partial charge on any atom is 0.156 e. The Morgan fingerprint density at radius 1 is 0.649 bits per heavy atom. The summed E-state index contributed by atoms with van der Waals surface area (Å²) in [5, 5.41) is 12.7. The summed E-state index contributed by atoms with van der Waals surface area (Å²) in [5.41, 5.74) is 13.5. The average molecular weight is 733 g/mol. The van der Waals surface area contributed by atoms with Gasteiger partial charge in [0, 0.05) is 22.0 Å². The summed E-state index contributed by atoms with van der Waals surface area (Å²) in [7, 11) is 0. The molecule has 0 amide bonds. The molecule has 7 aromatic carbocycles. The molecule has 0 saturated heterocycles. The number of nitriles is 1. The summed E-state index contributed by atoms with van der Waals surface area (Å²) in [6, 6.07) is 64.4. The topological polar surface area (TPSA) is 53.4 Å². The molecule has 4 heteroatoms. The van der Waals surface area contributed by atoms with Crippen molar-refractivity contribution in [1.82, 2.24) is 4.57 Å². The minimum absolute atomic E-state index is 0.336. The smallest absolute Gasteiger partial charge is 0.156 e. The van der Waals surface area contributed by atoms with E-state index < -0.39 is 0 Å². The quantitative estimate of drug-likeness (QED) is 0.113. The molecule has 0 aliphatic heterocycles. The number of hydrogen-bond donors (Lipinski definition) is 0. The molecule has 272 valence electrons. The zero-order chi connectivity index (χ0) is 38.6. The van der Waals surface area contributed by atoms with Crippen LogP contribution in [0.2, 0.25) is 0 Å². The minimum atomic E-state index is 0.336. The fourth-order valence-corrected chi connectivity index (χ4v) is 7.92. The van der Waals surface area contributed by atoms with Crippen LogP contribution in [0.3, 0.4) is 0 Å². The van der Waals surface area contributed by atoms with Crippen LogP contribution in [0.15, 0.2) is 210 Å². The van der Waals surface area contributed by atoms with E-state index in [-0.39, 0.29) is 0 Å². The van der Waals surface area contributed by atoms with Crippen molar-refractivity contribution < 1.29 is 0 Å². The van der Waals surface area contributed by atoms with Crippen LogP contribution in [0.25, 0.3) is 60.9 Å². The summed E-state index contributed by atoms with van der Waals surface area (Å²) in [6.45, 7) is 2.61. The van der Waals surface area contributed by atoms with Crippen LogP contribution >= 0.6 is 0 Å². The Morgan fingerprint density at radius 2 is 1.32 bits per heavy atom. The fourth-order valence-electron chi connectivity index (χ4n) is 7.92. The van der Waals surface area contributed by atoms with Crippen molar-refractivity contribution >= 4 is 33.4 Å². The Morgan fingerprint density at radius 3 is 2.05 bits per heavy atom. The maximum atomic E-state index is 10.4. The molecule has 57 heavy (non-hydrogen) atoms. The predicted octanol–water partition coefficient (Wildman–Crippen LogP) is 13.2. The van der Waals surface area contributed by atoms with Gasteiger partial charge >= 0.3 is 0 Å². The highest BCUT2D eigenvalue weighted by molar-refractivity contribution is 6.20. The number of rotatable bonds is 8. The molecule has 4 nitrogen and oxygen atoms in total. The van der Waals surface area contributed by atoms with Gasteiger partial charge in [-0.3, -0.25) is 4.99 Å². The summed E-state index contributed by atoms with van der Waals surface area (Å²) >= 11 is 0. The Labute approximate surface area is 333 Å². The van der Waals surface area contributed by atoms with Crippen LogP contribution in [0.5, 0.6) is 0 Å². The highest BCUT2D eigenvalue weighted by atomic mass is 15.0.